The van der Waals surface area contributed by atoms with Gasteiger partial charge < -0.3 is 14.8 Å². The summed E-state index contributed by atoms with van der Waals surface area (Å²) in [5, 5.41) is 1.02. The van der Waals surface area contributed by atoms with E-state index in [1.807, 2.05) is 25.3 Å². The van der Waals surface area contributed by atoms with Crippen molar-refractivity contribution in [1.82, 2.24) is 19.8 Å². The van der Waals surface area contributed by atoms with Gasteiger partial charge in [0.2, 0.25) is 5.56 Å². The lowest BCUT2D eigenvalue weighted by Crippen LogP contribution is -2.65. The van der Waals surface area contributed by atoms with E-state index in [0.29, 0.717) is 12.1 Å². The Morgan fingerprint density at radius 3 is 2.79 bits per heavy atom. The molecule has 5 rings (SSSR count). The average molecular weight is 442 g/mol. The van der Waals surface area contributed by atoms with Crippen molar-refractivity contribution in [3.8, 4) is 12.3 Å². The first-order valence-electron chi connectivity index (χ1n) is 11.8. The van der Waals surface area contributed by atoms with Crippen LogP contribution in [0, 0.1) is 19.3 Å². The summed E-state index contributed by atoms with van der Waals surface area (Å²) in [6.45, 7) is 10.6. The van der Waals surface area contributed by atoms with Crippen LogP contribution in [0.5, 0.6) is 0 Å². The summed E-state index contributed by atoms with van der Waals surface area (Å²) in [4.78, 5) is 27.1. The molecule has 0 bridgehead atoms. The number of aryl methyl sites for hydroxylation is 1. The van der Waals surface area contributed by atoms with E-state index in [9.17, 15) is 4.79 Å². The number of terminal acetylenes is 1. The Morgan fingerprint density at radius 1 is 1.12 bits per heavy atom. The van der Waals surface area contributed by atoms with E-state index in [2.05, 4.69) is 55.7 Å². The Kier molecular flexibility index (Phi) is 5.92. The molecule has 6 heteroatoms. The van der Waals surface area contributed by atoms with E-state index >= 15 is 0 Å². The summed E-state index contributed by atoms with van der Waals surface area (Å²) in [6, 6.07) is 12.8. The third-order valence-electron chi connectivity index (χ3n) is 7.15. The first-order chi connectivity index (χ1) is 16.0. The number of aromatic nitrogens is 2. The number of hydrogen-bond acceptors (Lipinski definition) is 5. The van der Waals surface area contributed by atoms with Crippen molar-refractivity contribution in [2.45, 2.75) is 32.4 Å². The molecular weight excluding hydrogens is 410 g/mol. The monoisotopic (exact) mass is 441 g/mol. The molecule has 4 heterocycles. The summed E-state index contributed by atoms with van der Waals surface area (Å²) in [6.07, 6.45) is 8.73. The molecule has 2 aliphatic rings. The topological polar surface area (TPSA) is 55.5 Å². The van der Waals surface area contributed by atoms with Gasteiger partial charge in [-0.2, -0.15) is 0 Å². The number of anilines is 1. The van der Waals surface area contributed by atoms with Crippen LogP contribution >= 0.6 is 0 Å². The number of hydrogen-bond donors (Lipinski definition) is 1. The fraction of sp³-hybridized carbons (Fsp3) is 0.407. The molecule has 0 saturated carbocycles. The highest BCUT2D eigenvalue weighted by atomic mass is 16.1. The fourth-order valence-corrected chi connectivity index (χ4v) is 5.39. The van der Waals surface area contributed by atoms with Gasteiger partial charge >= 0.3 is 0 Å². The van der Waals surface area contributed by atoms with Crippen molar-refractivity contribution in [3.05, 3.63) is 69.8 Å². The predicted octanol–water partition coefficient (Wildman–Crippen LogP) is 2.65. The van der Waals surface area contributed by atoms with E-state index in [0.717, 1.165) is 73.5 Å². The van der Waals surface area contributed by atoms with Gasteiger partial charge in [-0.15, -0.1) is 6.42 Å². The molecule has 2 fully saturated rings. The number of aromatic amines is 1. The molecule has 6 nitrogen and oxygen atoms in total. The van der Waals surface area contributed by atoms with E-state index < -0.39 is 0 Å². The zero-order chi connectivity index (χ0) is 22.9. The van der Waals surface area contributed by atoms with Gasteiger partial charge in [-0.25, -0.2) is 0 Å². The lowest BCUT2D eigenvalue weighted by atomic mass is 10.0. The smallest absolute Gasteiger partial charge is 0.248 e. The Hall–Kier alpha value is -3.14. The zero-order valence-corrected chi connectivity index (χ0v) is 19.4. The molecule has 170 valence electrons. The summed E-state index contributed by atoms with van der Waals surface area (Å²) in [5.41, 5.74) is 4.88. The lowest BCUT2D eigenvalue weighted by molar-refractivity contribution is 0.0356. The van der Waals surface area contributed by atoms with Crippen molar-refractivity contribution in [2.24, 2.45) is 0 Å². The number of nitrogens with one attached hydrogen (secondary N) is 1. The van der Waals surface area contributed by atoms with Crippen LogP contribution in [0.2, 0.25) is 0 Å². The molecular formula is C27H31N5O. The van der Waals surface area contributed by atoms with Crippen molar-refractivity contribution in [1.29, 1.82) is 0 Å². The minimum atomic E-state index is -0.124. The summed E-state index contributed by atoms with van der Waals surface area (Å²) in [5.74, 6) is 2.71. The highest BCUT2D eigenvalue weighted by Crippen LogP contribution is 2.31. The first-order valence-corrected chi connectivity index (χ1v) is 11.8. The molecule has 2 aliphatic heterocycles. The van der Waals surface area contributed by atoms with Gasteiger partial charge in [0, 0.05) is 85.9 Å². The highest BCUT2D eigenvalue weighted by molar-refractivity contribution is 5.95. The second-order valence-corrected chi connectivity index (χ2v) is 9.39. The second-order valence-electron chi connectivity index (χ2n) is 9.39. The minimum absolute atomic E-state index is 0.124. The normalized spacial score (nSPS) is 21.7. The standard InChI is InChI=1S/C27H31N5O/c1-4-22-7-9-25(24-8-10-26(33)29-27(22)24)31-16-20(3)32-14-13-30(17-23(32)18-31)12-11-21-6-5-19(2)28-15-21/h1,5-10,15,20,23H,11-14,16-18H2,2-3H3,(H,29,33). The van der Waals surface area contributed by atoms with Gasteiger partial charge in [-0.3, -0.25) is 14.7 Å². The van der Waals surface area contributed by atoms with E-state index in [-0.39, 0.29) is 5.56 Å². The lowest BCUT2D eigenvalue weighted by Gasteiger charge is -2.51. The molecule has 2 saturated heterocycles. The minimum Gasteiger partial charge on any atom is -0.368 e. The molecule has 3 aromatic rings. The Bertz CT molecular complexity index is 1240. The zero-order valence-electron chi connectivity index (χ0n) is 19.4. The molecule has 1 aromatic carbocycles. The van der Waals surface area contributed by atoms with Crippen LogP contribution in [0.3, 0.4) is 0 Å². The third kappa shape index (κ3) is 4.39. The number of piperazine rings is 2. The van der Waals surface area contributed by atoms with Crippen molar-refractivity contribution >= 4 is 16.6 Å². The van der Waals surface area contributed by atoms with Crippen molar-refractivity contribution in [3.63, 3.8) is 0 Å². The Balaban J connectivity index is 1.34. The summed E-state index contributed by atoms with van der Waals surface area (Å²) >= 11 is 0. The van der Waals surface area contributed by atoms with Crippen LogP contribution in [0.1, 0.15) is 23.7 Å². The maximum Gasteiger partial charge on any atom is 0.248 e. The average Bonchev–Trinajstić information content (AvgIpc) is 2.82. The second kappa shape index (κ2) is 9.01. The number of rotatable bonds is 4. The van der Waals surface area contributed by atoms with Gasteiger partial charge in [-0.1, -0.05) is 12.0 Å². The van der Waals surface area contributed by atoms with Crippen molar-refractivity contribution in [2.75, 3.05) is 44.2 Å². The molecule has 0 amide bonds. The quantitative estimate of drug-likeness (QED) is 0.631. The number of fused-ring (bicyclic) bond motifs is 2. The number of pyridine rings is 2. The van der Waals surface area contributed by atoms with Gasteiger partial charge in [0.05, 0.1) is 5.52 Å². The molecule has 1 N–H and O–H groups in total. The molecule has 0 aliphatic carbocycles. The van der Waals surface area contributed by atoms with Gasteiger partial charge in [0.1, 0.15) is 0 Å². The van der Waals surface area contributed by atoms with Crippen LogP contribution in [-0.4, -0.2) is 71.1 Å². The molecule has 33 heavy (non-hydrogen) atoms. The van der Waals surface area contributed by atoms with Crippen LogP contribution in [-0.2, 0) is 6.42 Å². The van der Waals surface area contributed by atoms with Gasteiger partial charge in [0.25, 0.3) is 0 Å². The van der Waals surface area contributed by atoms with E-state index in [4.69, 9.17) is 6.42 Å². The fourth-order valence-electron chi connectivity index (χ4n) is 5.39. The van der Waals surface area contributed by atoms with Crippen LogP contribution in [0.15, 0.2) is 47.4 Å². The summed E-state index contributed by atoms with van der Waals surface area (Å²) in [7, 11) is 0. The maximum absolute atomic E-state index is 11.9. The largest absolute Gasteiger partial charge is 0.368 e. The SMILES string of the molecule is C#Cc1ccc(N2CC(C)N3CCN(CCc4ccc(C)nc4)CC3C2)c2ccc(=O)[nH]c12. The van der Waals surface area contributed by atoms with Crippen LogP contribution < -0.4 is 10.5 Å². The molecule has 2 unspecified atom stereocenters. The summed E-state index contributed by atoms with van der Waals surface area (Å²) < 4.78 is 0. The highest BCUT2D eigenvalue weighted by Gasteiger charge is 2.36. The molecule has 2 aromatic heterocycles. The predicted molar refractivity (Wildman–Crippen MR) is 134 cm³/mol. The van der Waals surface area contributed by atoms with E-state index in [1.54, 1.807) is 6.07 Å². The van der Waals surface area contributed by atoms with Crippen LogP contribution in [0.4, 0.5) is 5.69 Å². The number of H-pyrrole nitrogens is 1. The molecule has 0 spiro atoms. The first kappa shape index (κ1) is 21.7. The number of benzene rings is 1. The Labute approximate surface area is 195 Å². The van der Waals surface area contributed by atoms with E-state index in [1.165, 1.54) is 5.56 Å². The van der Waals surface area contributed by atoms with Crippen molar-refractivity contribution < 1.29 is 0 Å². The Morgan fingerprint density at radius 2 is 2.00 bits per heavy atom. The van der Waals surface area contributed by atoms with Gasteiger partial charge in [0.15, 0.2) is 0 Å². The van der Waals surface area contributed by atoms with Crippen LogP contribution in [0.25, 0.3) is 10.9 Å². The molecule has 2 atom stereocenters. The number of nitrogens with zero attached hydrogens (tertiary/aromatic N) is 4. The third-order valence-corrected chi connectivity index (χ3v) is 7.15. The maximum atomic E-state index is 11.9. The van der Waals surface area contributed by atoms with Gasteiger partial charge in [-0.05, 0) is 50.1 Å². The molecule has 0 radical (unpaired) electrons.